The molecule has 41 heavy (non-hydrogen) atoms. The van der Waals surface area contributed by atoms with E-state index in [1.165, 1.54) is 12.0 Å². The van der Waals surface area contributed by atoms with E-state index in [0.717, 1.165) is 22.3 Å². The third-order valence-electron chi connectivity index (χ3n) is 7.52. The van der Waals surface area contributed by atoms with E-state index >= 15 is 0 Å². The molecule has 2 amide bonds. The maximum Gasteiger partial charge on any atom is 0.407 e. The predicted molar refractivity (Wildman–Crippen MR) is 160 cm³/mol. The van der Waals surface area contributed by atoms with E-state index in [1.54, 1.807) is 19.3 Å². The van der Waals surface area contributed by atoms with Crippen molar-refractivity contribution in [3.63, 3.8) is 0 Å². The zero-order chi connectivity index (χ0) is 30.2. The highest BCUT2D eigenvalue weighted by atomic mass is 16.5. The first-order valence-electron chi connectivity index (χ1n) is 13.8. The summed E-state index contributed by atoms with van der Waals surface area (Å²) in [4.78, 5) is 41.2. The SMILES string of the molecule is C=CCCCOC(=O)N[C@H](C(=O)N1C[C@](OC)(c2ccc(-c3ccccc3)c(C=C)c2)C[C@H]1C(=O)OC)C(C)(C)C. The Hall–Kier alpha value is -3.91. The van der Waals surface area contributed by atoms with Gasteiger partial charge < -0.3 is 24.4 Å². The van der Waals surface area contributed by atoms with Gasteiger partial charge in [-0.25, -0.2) is 9.59 Å². The quantitative estimate of drug-likeness (QED) is 0.214. The first-order valence-corrected chi connectivity index (χ1v) is 13.8. The second-order valence-corrected chi connectivity index (χ2v) is 11.3. The van der Waals surface area contributed by atoms with Gasteiger partial charge in [-0.15, -0.1) is 6.58 Å². The van der Waals surface area contributed by atoms with Crippen molar-refractivity contribution in [1.82, 2.24) is 10.2 Å². The van der Waals surface area contributed by atoms with Crippen molar-refractivity contribution in [3.8, 4) is 11.1 Å². The average Bonchev–Trinajstić information content (AvgIpc) is 3.38. The summed E-state index contributed by atoms with van der Waals surface area (Å²) in [6, 6.07) is 14.1. The summed E-state index contributed by atoms with van der Waals surface area (Å²) in [6.07, 6.45) is 4.37. The number of allylic oxidation sites excluding steroid dienone is 1. The van der Waals surface area contributed by atoms with Crippen molar-refractivity contribution in [3.05, 3.63) is 78.9 Å². The van der Waals surface area contributed by atoms with Gasteiger partial charge >= 0.3 is 12.1 Å². The van der Waals surface area contributed by atoms with Gasteiger partial charge in [0.15, 0.2) is 0 Å². The molecule has 0 radical (unpaired) electrons. The molecule has 1 aliphatic heterocycles. The molecule has 2 aromatic carbocycles. The molecule has 1 heterocycles. The van der Waals surface area contributed by atoms with Gasteiger partial charge in [-0.3, -0.25) is 4.79 Å². The molecule has 2 aromatic rings. The molecule has 0 spiro atoms. The van der Waals surface area contributed by atoms with Crippen LogP contribution >= 0.6 is 0 Å². The van der Waals surface area contributed by atoms with Crippen molar-refractivity contribution in [2.45, 2.75) is 57.7 Å². The summed E-state index contributed by atoms with van der Waals surface area (Å²) in [5, 5.41) is 2.73. The molecule has 220 valence electrons. The van der Waals surface area contributed by atoms with Crippen LogP contribution in [0.2, 0.25) is 0 Å². The Morgan fingerprint density at radius 3 is 2.41 bits per heavy atom. The minimum absolute atomic E-state index is 0.0893. The fraction of sp³-hybridized carbons (Fsp3) is 0.424. The third kappa shape index (κ3) is 7.24. The number of methoxy groups -OCH3 is 2. The smallest absolute Gasteiger partial charge is 0.407 e. The number of benzene rings is 2. The van der Waals surface area contributed by atoms with Crippen molar-refractivity contribution < 1.29 is 28.6 Å². The third-order valence-corrected chi connectivity index (χ3v) is 7.52. The Balaban J connectivity index is 1.96. The largest absolute Gasteiger partial charge is 0.467 e. The van der Waals surface area contributed by atoms with Gasteiger partial charge in [-0.2, -0.15) is 0 Å². The lowest BCUT2D eigenvalue weighted by atomic mass is 9.85. The maximum absolute atomic E-state index is 14.1. The van der Waals surface area contributed by atoms with E-state index in [2.05, 4.69) is 18.5 Å². The second-order valence-electron chi connectivity index (χ2n) is 11.3. The molecule has 1 aliphatic rings. The molecule has 1 fully saturated rings. The highest BCUT2D eigenvalue weighted by Gasteiger charge is 2.53. The lowest BCUT2D eigenvalue weighted by molar-refractivity contribution is -0.152. The highest BCUT2D eigenvalue weighted by molar-refractivity contribution is 5.91. The van der Waals surface area contributed by atoms with Crippen molar-refractivity contribution in [2.75, 3.05) is 27.4 Å². The number of carbonyl (C=O) groups is 3. The predicted octanol–water partition coefficient (Wildman–Crippen LogP) is 5.72. The number of carbonyl (C=O) groups excluding carboxylic acids is 3. The number of ether oxygens (including phenoxy) is 3. The minimum Gasteiger partial charge on any atom is -0.467 e. The van der Waals surface area contributed by atoms with Crippen LogP contribution in [0.1, 0.15) is 51.2 Å². The van der Waals surface area contributed by atoms with Gasteiger partial charge in [-0.1, -0.05) is 82.0 Å². The van der Waals surface area contributed by atoms with E-state index in [4.69, 9.17) is 14.2 Å². The van der Waals surface area contributed by atoms with E-state index in [-0.39, 0.29) is 19.6 Å². The summed E-state index contributed by atoms with van der Waals surface area (Å²) < 4.78 is 16.5. The Bertz CT molecular complexity index is 1250. The zero-order valence-electron chi connectivity index (χ0n) is 24.8. The molecule has 0 saturated carbocycles. The summed E-state index contributed by atoms with van der Waals surface area (Å²) in [7, 11) is 2.86. The number of esters is 1. The van der Waals surface area contributed by atoms with Gasteiger partial charge in [0.25, 0.3) is 0 Å². The van der Waals surface area contributed by atoms with E-state index in [1.807, 2.05) is 69.3 Å². The number of rotatable bonds is 11. The number of nitrogens with one attached hydrogen (secondary N) is 1. The number of hydrogen-bond donors (Lipinski definition) is 1. The van der Waals surface area contributed by atoms with Crippen LogP contribution in [-0.4, -0.2) is 62.3 Å². The van der Waals surface area contributed by atoms with Gasteiger partial charge in [0, 0.05) is 13.5 Å². The van der Waals surface area contributed by atoms with Crippen molar-refractivity contribution in [2.24, 2.45) is 5.41 Å². The first kappa shape index (κ1) is 31.6. The summed E-state index contributed by atoms with van der Waals surface area (Å²) in [6.45, 7) is 13.5. The van der Waals surface area contributed by atoms with Gasteiger partial charge in [0.2, 0.25) is 5.91 Å². The Labute approximate surface area is 243 Å². The standard InChI is InChI=1S/C33H42N2O6/c1-8-10-14-19-41-31(38)34-28(32(3,4)5)29(36)35-22-33(40-7,21-27(35)30(37)39-6)25-17-18-26(23(9-2)20-25)24-15-12-11-13-16-24/h8-9,11-13,15-18,20,27-28H,1-2,10,14,19,21-22H2,3-7H3,(H,34,38)/t27-,28+,33-/m0/s1. The summed E-state index contributed by atoms with van der Waals surface area (Å²) >= 11 is 0. The van der Waals surface area contributed by atoms with E-state index in [9.17, 15) is 14.4 Å². The molecule has 1 saturated heterocycles. The summed E-state index contributed by atoms with van der Waals surface area (Å²) in [5.74, 6) is -0.971. The Morgan fingerprint density at radius 2 is 1.83 bits per heavy atom. The molecule has 0 bridgehead atoms. The highest BCUT2D eigenvalue weighted by Crippen LogP contribution is 2.42. The zero-order valence-corrected chi connectivity index (χ0v) is 24.8. The van der Waals surface area contributed by atoms with E-state index < -0.39 is 41.1 Å². The number of likely N-dealkylation sites (tertiary alicyclic amines) is 1. The Kier molecular flexibility index (Phi) is 10.5. The monoisotopic (exact) mass is 562 g/mol. The first-order chi connectivity index (χ1) is 19.5. The molecule has 1 N–H and O–H groups in total. The molecule has 0 unspecified atom stereocenters. The lowest BCUT2D eigenvalue weighted by Crippen LogP contribution is -2.57. The van der Waals surface area contributed by atoms with Crippen LogP contribution in [0.25, 0.3) is 17.2 Å². The van der Waals surface area contributed by atoms with E-state index in [0.29, 0.717) is 12.8 Å². The molecule has 8 heteroatoms. The van der Waals surface area contributed by atoms with Gasteiger partial charge in [0.1, 0.15) is 17.7 Å². The number of amides is 2. The molecular formula is C33H42N2O6. The van der Waals surface area contributed by atoms with Crippen LogP contribution in [0.3, 0.4) is 0 Å². The van der Waals surface area contributed by atoms with Crippen molar-refractivity contribution in [1.29, 1.82) is 0 Å². The topological polar surface area (TPSA) is 94.2 Å². The number of nitrogens with zero attached hydrogens (tertiary/aromatic N) is 1. The molecular weight excluding hydrogens is 520 g/mol. The Morgan fingerprint density at radius 1 is 1.12 bits per heavy atom. The van der Waals surface area contributed by atoms with Crippen LogP contribution in [0, 0.1) is 5.41 Å². The van der Waals surface area contributed by atoms with Gasteiger partial charge in [-0.05, 0) is 46.6 Å². The number of unbranched alkanes of at least 4 members (excludes halogenated alkanes) is 1. The van der Waals surface area contributed by atoms with Crippen LogP contribution < -0.4 is 5.32 Å². The number of hydrogen-bond acceptors (Lipinski definition) is 6. The minimum atomic E-state index is -0.991. The normalized spacial score (nSPS) is 19.2. The van der Waals surface area contributed by atoms with Crippen LogP contribution in [0.4, 0.5) is 4.79 Å². The molecule has 8 nitrogen and oxygen atoms in total. The fourth-order valence-corrected chi connectivity index (χ4v) is 5.19. The molecule has 3 rings (SSSR count). The van der Waals surface area contributed by atoms with Crippen molar-refractivity contribution >= 4 is 24.0 Å². The van der Waals surface area contributed by atoms with Crippen LogP contribution in [-0.2, 0) is 29.4 Å². The fourth-order valence-electron chi connectivity index (χ4n) is 5.19. The second kappa shape index (κ2) is 13.6. The lowest BCUT2D eigenvalue weighted by Gasteiger charge is -2.35. The molecule has 3 atom stereocenters. The number of alkyl carbamates (subject to hydrolysis) is 1. The van der Waals surface area contributed by atoms with Crippen LogP contribution in [0.5, 0.6) is 0 Å². The van der Waals surface area contributed by atoms with Crippen LogP contribution in [0.15, 0.2) is 67.8 Å². The summed E-state index contributed by atoms with van der Waals surface area (Å²) in [5.41, 5.74) is 2.10. The van der Waals surface area contributed by atoms with Gasteiger partial charge in [0.05, 0.1) is 20.3 Å². The average molecular weight is 563 g/mol. The molecule has 0 aromatic heterocycles. The maximum atomic E-state index is 14.1. The molecule has 0 aliphatic carbocycles.